The van der Waals surface area contributed by atoms with Gasteiger partial charge in [0, 0.05) is 53.8 Å². The summed E-state index contributed by atoms with van der Waals surface area (Å²) in [7, 11) is 0. The van der Waals surface area contributed by atoms with E-state index in [1.165, 1.54) is 18.5 Å². The molecule has 4 rings (SSSR count). The smallest absolute Gasteiger partial charge is 0.361 e. The average molecular weight is 508 g/mol. The monoisotopic (exact) mass is 507 g/mol. The number of hydrogen-bond donors (Lipinski definition) is 0. The maximum Gasteiger partial charge on any atom is 0.408 e. The third kappa shape index (κ3) is 5.83. The molecular weight excluding hydrogens is 481 g/mol. The molecule has 0 unspecified atom stereocenters. The summed E-state index contributed by atoms with van der Waals surface area (Å²) in [5, 5.41) is 7.86. The Morgan fingerprint density at radius 1 is 1.11 bits per heavy atom. The van der Waals surface area contributed by atoms with Gasteiger partial charge in [-0.1, -0.05) is 11.2 Å². The molecule has 0 spiro atoms. The zero-order valence-electron chi connectivity index (χ0n) is 19.9. The third-order valence-electron chi connectivity index (χ3n) is 5.84. The summed E-state index contributed by atoms with van der Waals surface area (Å²) in [6.07, 6.45) is 4.65. The Hall–Kier alpha value is -3.50. The largest absolute Gasteiger partial charge is 0.408 e. The molecule has 0 atom stereocenters. The fraction of sp³-hybridized carbons (Fsp3) is 0.400. The molecule has 4 heterocycles. The first kappa shape index (κ1) is 25.6. The zero-order chi connectivity index (χ0) is 25.9. The summed E-state index contributed by atoms with van der Waals surface area (Å²) in [6.45, 7) is 2.42. The Balaban J connectivity index is 1.68. The summed E-state index contributed by atoms with van der Waals surface area (Å²) >= 11 is 0. The van der Waals surface area contributed by atoms with E-state index < -0.39 is 19.4 Å². The van der Waals surface area contributed by atoms with Crippen molar-refractivity contribution >= 4 is 11.0 Å². The van der Waals surface area contributed by atoms with E-state index in [0.717, 1.165) is 21.3 Å². The van der Waals surface area contributed by atoms with E-state index in [0.29, 0.717) is 47.5 Å². The number of hydrogen-bond acceptors (Lipinski definition) is 4. The number of alkyl halides is 4. The molecule has 0 bridgehead atoms. The van der Waals surface area contributed by atoms with Crippen molar-refractivity contribution < 1.29 is 26.5 Å². The van der Waals surface area contributed by atoms with Crippen molar-refractivity contribution in [1.29, 1.82) is 0 Å². The van der Waals surface area contributed by atoms with Gasteiger partial charge in [-0.25, -0.2) is 4.39 Å². The van der Waals surface area contributed by atoms with E-state index in [1.807, 2.05) is 30.7 Å². The Morgan fingerprint density at radius 3 is 2.61 bits per heavy atom. The van der Waals surface area contributed by atoms with Gasteiger partial charge in [0.15, 0.2) is 0 Å². The Labute approximate surface area is 204 Å². The number of nitrogens with zero attached hydrogens (tertiary/aromatic N) is 5. The van der Waals surface area contributed by atoms with Gasteiger partial charge >= 0.3 is 6.18 Å². The van der Waals surface area contributed by atoms with Crippen LogP contribution < -0.4 is 0 Å². The number of aryl methyl sites for hydroxylation is 3. The molecule has 4 aromatic rings. The van der Waals surface area contributed by atoms with Crippen molar-refractivity contribution in [3.63, 3.8) is 0 Å². The van der Waals surface area contributed by atoms with Crippen molar-refractivity contribution in [3.8, 4) is 22.3 Å². The van der Waals surface area contributed by atoms with Crippen LogP contribution in [0.5, 0.6) is 0 Å². The van der Waals surface area contributed by atoms with Crippen LogP contribution in [0.4, 0.5) is 22.0 Å². The Bertz CT molecular complexity index is 1350. The molecule has 0 aliphatic heterocycles. The molecule has 0 aliphatic rings. The highest BCUT2D eigenvalue weighted by Gasteiger charge is 2.28. The van der Waals surface area contributed by atoms with Gasteiger partial charge in [0.05, 0.1) is 35.4 Å². The number of pyridine rings is 1. The second-order valence-electron chi connectivity index (χ2n) is 8.65. The van der Waals surface area contributed by atoms with Gasteiger partial charge in [0.1, 0.15) is 12.3 Å². The number of allylic oxidation sites excluding steroid dienone is 2. The first-order chi connectivity index (χ1) is 17.2. The lowest BCUT2D eigenvalue weighted by Gasteiger charge is -2.06. The van der Waals surface area contributed by atoms with Crippen molar-refractivity contribution in [2.75, 3.05) is 6.67 Å². The molecular formula is C25H26F5N5O. The van der Waals surface area contributed by atoms with Crippen LogP contribution in [0.15, 0.2) is 47.3 Å². The van der Waals surface area contributed by atoms with Crippen molar-refractivity contribution in [3.05, 3.63) is 54.2 Å². The minimum atomic E-state index is -4.38. The van der Waals surface area contributed by atoms with Crippen LogP contribution in [0.1, 0.15) is 37.1 Å². The highest BCUT2D eigenvalue weighted by Crippen LogP contribution is 2.34. The van der Waals surface area contributed by atoms with Crippen LogP contribution in [-0.4, -0.2) is 37.3 Å². The van der Waals surface area contributed by atoms with Crippen molar-refractivity contribution in [2.24, 2.45) is 0 Å². The summed E-state index contributed by atoms with van der Waals surface area (Å²) in [5.74, 6) is 0.319. The molecule has 36 heavy (non-hydrogen) atoms. The SMILES string of the molecule is Cc1noc(C)c1-c1cnc2c(-c3cnn(CC(F)(F)F)c3)cn(CCC/C=C(/F)CCCF)c2c1. The normalized spacial score (nSPS) is 12.7. The van der Waals surface area contributed by atoms with Gasteiger partial charge in [0.25, 0.3) is 0 Å². The number of fused-ring (bicyclic) bond motifs is 1. The Kier molecular flexibility index (Phi) is 7.56. The van der Waals surface area contributed by atoms with E-state index in [9.17, 15) is 22.0 Å². The predicted octanol–water partition coefficient (Wildman–Crippen LogP) is 7.12. The second kappa shape index (κ2) is 10.6. The van der Waals surface area contributed by atoms with Crippen molar-refractivity contribution in [2.45, 2.75) is 58.8 Å². The quantitative estimate of drug-likeness (QED) is 0.169. The lowest BCUT2D eigenvalue weighted by Crippen LogP contribution is -2.17. The highest BCUT2D eigenvalue weighted by atomic mass is 19.4. The number of halogens is 5. The lowest BCUT2D eigenvalue weighted by atomic mass is 10.1. The van der Waals surface area contributed by atoms with Crippen LogP contribution in [-0.2, 0) is 13.1 Å². The lowest BCUT2D eigenvalue weighted by molar-refractivity contribution is -0.142. The molecule has 0 saturated heterocycles. The average Bonchev–Trinajstić information content (AvgIpc) is 3.51. The Morgan fingerprint density at radius 2 is 1.92 bits per heavy atom. The second-order valence-corrected chi connectivity index (χ2v) is 8.65. The van der Waals surface area contributed by atoms with Crippen LogP contribution in [0.25, 0.3) is 33.3 Å². The van der Waals surface area contributed by atoms with E-state index in [4.69, 9.17) is 4.52 Å². The molecule has 0 N–H and O–H groups in total. The summed E-state index contributed by atoms with van der Waals surface area (Å²) in [4.78, 5) is 4.63. The first-order valence-electron chi connectivity index (χ1n) is 11.6. The van der Waals surface area contributed by atoms with Crippen LogP contribution in [0.3, 0.4) is 0 Å². The molecule has 0 saturated carbocycles. The fourth-order valence-corrected chi connectivity index (χ4v) is 4.23. The van der Waals surface area contributed by atoms with Crippen molar-refractivity contribution in [1.82, 2.24) is 24.5 Å². The van der Waals surface area contributed by atoms with Gasteiger partial charge in [-0.15, -0.1) is 0 Å². The molecule has 0 radical (unpaired) electrons. The number of unbranched alkanes of at least 4 members (excludes halogenated alkanes) is 1. The highest BCUT2D eigenvalue weighted by molar-refractivity contribution is 5.94. The minimum Gasteiger partial charge on any atom is -0.361 e. The van der Waals surface area contributed by atoms with Crippen LogP contribution in [0, 0.1) is 13.8 Å². The molecule has 0 amide bonds. The molecule has 0 aliphatic carbocycles. The maximum absolute atomic E-state index is 13.8. The number of aromatic nitrogens is 5. The first-order valence-corrected chi connectivity index (χ1v) is 11.6. The molecule has 4 aromatic heterocycles. The molecule has 0 aromatic carbocycles. The van der Waals surface area contributed by atoms with E-state index >= 15 is 0 Å². The topological polar surface area (TPSA) is 61.7 Å². The minimum absolute atomic E-state index is 0.0831. The number of rotatable bonds is 10. The maximum atomic E-state index is 13.8. The van der Waals surface area contributed by atoms with Gasteiger partial charge in [-0.3, -0.25) is 14.1 Å². The van der Waals surface area contributed by atoms with E-state index in [1.54, 1.807) is 6.20 Å². The standard InChI is InChI=1S/C25H26F5N5O/c1-16-23(17(2)36-33-16)18-10-22-24(31-11-18)21(19-12-32-35(13-19)15-25(28,29)30)14-34(22)9-4-3-6-20(27)7-5-8-26/h6,10-14H,3-5,7-9,15H2,1-2H3/b20-6+. The zero-order valence-corrected chi connectivity index (χ0v) is 19.9. The van der Waals surface area contributed by atoms with Crippen LogP contribution in [0.2, 0.25) is 0 Å². The molecule has 192 valence electrons. The fourth-order valence-electron chi connectivity index (χ4n) is 4.23. The molecule has 11 heteroatoms. The predicted molar refractivity (Wildman–Crippen MR) is 126 cm³/mol. The molecule has 6 nitrogen and oxygen atoms in total. The molecule has 0 fully saturated rings. The summed E-state index contributed by atoms with van der Waals surface area (Å²) in [5.41, 5.74) is 4.89. The van der Waals surface area contributed by atoms with Gasteiger partial charge in [0.2, 0.25) is 0 Å². The third-order valence-corrected chi connectivity index (χ3v) is 5.84. The van der Waals surface area contributed by atoms with Gasteiger partial charge in [-0.05, 0) is 39.2 Å². The summed E-state index contributed by atoms with van der Waals surface area (Å²) in [6, 6.07) is 1.94. The van der Waals surface area contributed by atoms with E-state index in [2.05, 4.69) is 15.2 Å². The van der Waals surface area contributed by atoms with Gasteiger partial charge in [-0.2, -0.15) is 18.3 Å². The van der Waals surface area contributed by atoms with Gasteiger partial charge < -0.3 is 9.09 Å². The van der Waals surface area contributed by atoms with Crippen LogP contribution >= 0.6 is 0 Å². The van der Waals surface area contributed by atoms with E-state index in [-0.39, 0.29) is 18.7 Å². The summed E-state index contributed by atoms with van der Waals surface area (Å²) < 4.78 is 72.5.